The van der Waals surface area contributed by atoms with Gasteiger partial charge in [-0.1, -0.05) is 71.7 Å². The number of morpholine rings is 1. The lowest BCUT2D eigenvalue weighted by Gasteiger charge is -2.42. The summed E-state index contributed by atoms with van der Waals surface area (Å²) in [6.07, 6.45) is 2.20. The van der Waals surface area contributed by atoms with E-state index in [0.717, 1.165) is 29.1 Å². The van der Waals surface area contributed by atoms with E-state index in [2.05, 4.69) is 5.32 Å². The van der Waals surface area contributed by atoms with Crippen LogP contribution in [0.2, 0.25) is 10.0 Å². The summed E-state index contributed by atoms with van der Waals surface area (Å²) in [5, 5.41) is 4.13. The van der Waals surface area contributed by atoms with Crippen molar-refractivity contribution in [3.05, 3.63) is 101 Å². The Balaban J connectivity index is 0.000000231. The second-order valence-corrected chi connectivity index (χ2v) is 14.4. The van der Waals surface area contributed by atoms with Gasteiger partial charge in [-0.2, -0.15) is 0 Å². The average Bonchev–Trinajstić information content (AvgIpc) is 3.79. The molecule has 1 N–H and O–H groups in total. The Hall–Kier alpha value is -2.71. The summed E-state index contributed by atoms with van der Waals surface area (Å²) in [6, 6.07) is 26.3. The highest BCUT2D eigenvalue weighted by atomic mass is 35.5. The Kier molecular flexibility index (Phi) is 13.1. The lowest BCUT2D eigenvalue weighted by Crippen LogP contribution is -2.53. The number of nitrogens with zero attached hydrogens (tertiary/aromatic N) is 1. The summed E-state index contributed by atoms with van der Waals surface area (Å²) >= 11 is 11.5. The summed E-state index contributed by atoms with van der Waals surface area (Å²) < 4.78 is 18.0. The Bertz CT molecular complexity index is 1300. The van der Waals surface area contributed by atoms with Crippen LogP contribution in [0.5, 0.6) is 0 Å². The van der Waals surface area contributed by atoms with Gasteiger partial charge in [0.15, 0.2) is 0 Å². The van der Waals surface area contributed by atoms with Crippen LogP contribution in [0.25, 0.3) is 0 Å². The lowest BCUT2D eigenvalue weighted by atomic mass is 10.0. The predicted molar refractivity (Wildman–Crippen MR) is 173 cm³/mol. The molecule has 3 aromatic carbocycles. The van der Waals surface area contributed by atoms with Crippen molar-refractivity contribution in [2.45, 2.75) is 57.4 Å². The zero-order valence-electron chi connectivity index (χ0n) is 24.6. The minimum absolute atomic E-state index is 0.00555. The zero-order chi connectivity index (χ0) is 30.7. The molecule has 6 nitrogen and oxygen atoms in total. The van der Waals surface area contributed by atoms with Gasteiger partial charge in [-0.15, -0.1) is 0 Å². The molecule has 1 saturated carbocycles. The normalized spacial score (nSPS) is 18.0. The Labute approximate surface area is 262 Å². The fourth-order valence-corrected chi connectivity index (χ4v) is 5.93. The topological polar surface area (TPSA) is 75.7 Å². The average molecular weight is 632 g/mol. The van der Waals surface area contributed by atoms with Crippen molar-refractivity contribution in [3.63, 3.8) is 0 Å². The standard InChI is InChI=1S/C19H26ClNO3S.C8H9NO.C6H5Cl/c1-19(2,3)25(23)12-17(14-4-5-14)21-16(10-24-11-18(21)22)13-6-8-15(20)9-7-13;1-7(10)9-8-5-3-2-4-6-8;7-6-4-2-1-3-5-6/h6-9,14,16-17H,4-5,10-12H2,1-3H3;2-6H,1H3,(H,9,10);1-5H. The summed E-state index contributed by atoms with van der Waals surface area (Å²) in [4.78, 5) is 25.2. The van der Waals surface area contributed by atoms with E-state index in [1.54, 1.807) is 0 Å². The van der Waals surface area contributed by atoms with Crippen molar-refractivity contribution in [3.8, 4) is 0 Å². The first kappa shape index (κ1) is 33.8. The molecule has 42 heavy (non-hydrogen) atoms. The number of nitrogens with one attached hydrogen (secondary N) is 1. The maximum absolute atomic E-state index is 12.8. The van der Waals surface area contributed by atoms with Crippen molar-refractivity contribution in [1.82, 2.24) is 4.90 Å². The molecule has 1 aliphatic heterocycles. The highest BCUT2D eigenvalue weighted by molar-refractivity contribution is 7.86. The van der Waals surface area contributed by atoms with E-state index in [1.165, 1.54) is 6.92 Å². The molecule has 0 spiro atoms. The first-order chi connectivity index (χ1) is 20.0. The van der Waals surface area contributed by atoms with E-state index in [9.17, 15) is 13.8 Å². The number of carbonyl (C=O) groups is 2. The van der Waals surface area contributed by atoms with Gasteiger partial charge in [0.2, 0.25) is 11.8 Å². The highest BCUT2D eigenvalue weighted by Crippen LogP contribution is 2.40. The van der Waals surface area contributed by atoms with Gasteiger partial charge in [-0.05, 0) is 81.5 Å². The number of amides is 2. The largest absolute Gasteiger partial charge is 0.369 e. The minimum atomic E-state index is -0.995. The molecule has 0 radical (unpaired) electrons. The molecule has 3 atom stereocenters. The summed E-state index contributed by atoms with van der Waals surface area (Å²) in [5.74, 6) is 0.938. The van der Waals surface area contributed by atoms with Crippen LogP contribution in [-0.2, 0) is 25.1 Å². The number of halogens is 2. The van der Waals surface area contributed by atoms with Crippen LogP contribution < -0.4 is 5.32 Å². The molecule has 226 valence electrons. The van der Waals surface area contributed by atoms with E-state index < -0.39 is 10.8 Å². The van der Waals surface area contributed by atoms with Gasteiger partial charge in [-0.25, -0.2) is 0 Å². The molecule has 1 heterocycles. The molecule has 9 heteroatoms. The lowest BCUT2D eigenvalue weighted by molar-refractivity contribution is -0.152. The molecule has 0 aromatic heterocycles. The highest BCUT2D eigenvalue weighted by Gasteiger charge is 2.44. The van der Waals surface area contributed by atoms with Crippen LogP contribution in [0.4, 0.5) is 5.69 Å². The van der Waals surface area contributed by atoms with Crippen LogP contribution in [0.15, 0.2) is 84.9 Å². The van der Waals surface area contributed by atoms with Crippen LogP contribution >= 0.6 is 23.2 Å². The van der Waals surface area contributed by atoms with Gasteiger partial charge in [0.1, 0.15) is 6.61 Å². The summed E-state index contributed by atoms with van der Waals surface area (Å²) in [5.41, 5.74) is 1.86. The molecule has 2 aliphatic rings. The fourth-order valence-electron chi connectivity index (χ4n) is 4.41. The van der Waals surface area contributed by atoms with Crippen molar-refractivity contribution in [2.75, 3.05) is 24.3 Å². The first-order valence-electron chi connectivity index (χ1n) is 14.0. The van der Waals surface area contributed by atoms with Crippen molar-refractivity contribution >= 4 is 51.5 Å². The number of hydrogen-bond acceptors (Lipinski definition) is 4. The van der Waals surface area contributed by atoms with E-state index in [0.29, 0.717) is 23.3 Å². The molecule has 2 fully saturated rings. The molecule has 5 rings (SSSR count). The SMILES string of the molecule is CC(=O)Nc1ccccc1.CC(C)(C)S(=O)CC(C1CC1)N1C(=O)COCC1c1ccc(Cl)cc1.Clc1ccccc1. The smallest absolute Gasteiger partial charge is 0.249 e. The molecule has 1 saturated heterocycles. The Morgan fingerprint density at radius 1 is 0.952 bits per heavy atom. The monoisotopic (exact) mass is 630 g/mol. The number of para-hydroxylation sites is 1. The maximum Gasteiger partial charge on any atom is 0.249 e. The van der Waals surface area contributed by atoms with Gasteiger partial charge in [-0.3, -0.25) is 13.8 Å². The predicted octanol–water partition coefficient (Wildman–Crippen LogP) is 7.55. The fraction of sp³-hybridized carbons (Fsp3) is 0.394. The van der Waals surface area contributed by atoms with Crippen LogP contribution in [0, 0.1) is 5.92 Å². The maximum atomic E-state index is 12.8. The van der Waals surface area contributed by atoms with Gasteiger partial charge in [0.05, 0.1) is 12.6 Å². The van der Waals surface area contributed by atoms with Crippen molar-refractivity contribution in [1.29, 1.82) is 0 Å². The van der Waals surface area contributed by atoms with Crippen LogP contribution in [0.1, 0.15) is 52.1 Å². The molecule has 0 bridgehead atoms. The second kappa shape index (κ2) is 16.2. The Morgan fingerprint density at radius 3 is 1.98 bits per heavy atom. The van der Waals surface area contributed by atoms with E-state index >= 15 is 0 Å². The van der Waals surface area contributed by atoms with E-state index in [1.807, 2.05) is 111 Å². The van der Waals surface area contributed by atoms with E-state index in [4.69, 9.17) is 27.9 Å². The van der Waals surface area contributed by atoms with Gasteiger partial charge >= 0.3 is 0 Å². The second-order valence-electron chi connectivity index (χ2n) is 11.3. The van der Waals surface area contributed by atoms with Gasteiger partial charge in [0.25, 0.3) is 0 Å². The molecule has 3 aromatic rings. The summed E-state index contributed by atoms with van der Waals surface area (Å²) in [7, 11) is -0.995. The summed E-state index contributed by atoms with van der Waals surface area (Å²) in [6.45, 7) is 8.04. The Morgan fingerprint density at radius 2 is 1.50 bits per heavy atom. The molecule has 2 amide bonds. The number of benzene rings is 3. The number of anilines is 1. The van der Waals surface area contributed by atoms with Gasteiger partial charge < -0.3 is 15.0 Å². The van der Waals surface area contributed by atoms with Crippen molar-refractivity contribution in [2.24, 2.45) is 5.92 Å². The quantitative estimate of drug-likeness (QED) is 0.305. The third-order valence-electron chi connectivity index (χ3n) is 6.74. The molecular weight excluding hydrogens is 591 g/mol. The van der Waals surface area contributed by atoms with E-state index in [-0.39, 0.29) is 35.3 Å². The third kappa shape index (κ3) is 11.2. The third-order valence-corrected chi connectivity index (χ3v) is 9.25. The van der Waals surface area contributed by atoms with Crippen LogP contribution in [-0.4, -0.2) is 50.7 Å². The number of rotatable bonds is 6. The van der Waals surface area contributed by atoms with Gasteiger partial charge in [0, 0.05) is 50.0 Å². The number of hydrogen-bond donors (Lipinski definition) is 1. The minimum Gasteiger partial charge on any atom is -0.369 e. The van der Waals surface area contributed by atoms with Crippen LogP contribution in [0.3, 0.4) is 0 Å². The molecule has 3 unspecified atom stereocenters. The molecule has 1 aliphatic carbocycles. The first-order valence-corrected chi connectivity index (χ1v) is 16.1. The number of carbonyl (C=O) groups excluding carboxylic acids is 2. The number of ether oxygens (including phenoxy) is 1. The molecular formula is C33H40Cl2N2O4S. The van der Waals surface area contributed by atoms with Crippen molar-refractivity contribution < 1.29 is 18.5 Å². The zero-order valence-corrected chi connectivity index (χ0v) is 26.9.